The lowest BCUT2D eigenvalue weighted by Crippen LogP contribution is -2.58. The number of halogens is 1. The molecule has 0 unspecified atom stereocenters. The fourth-order valence-corrected chi connectivity index (χ4v) is 8.58. The SMILES string of the molecule is CCc1cc(Nc2ncc(Br)c(Nc3ccc4ccccc4c3P(C)(C)=O)n2)c(OC)cc1N1CCC2(CC1)CN(C)C2. The number of hydrogen-bond acceptors (Lipinski definition) is 8. The van der Waals surface area contributed by atoms with E-state index in [1.54, 1.807) is 26.6 Å². The Kier molecular flexibility index (Phi) is 8.18. The molecule has 2 aliphatic rings. The van der Waals surface area contributed by atoms with Gasteiger partial charge in [0.1, 0.15) is 18.7 Å². The molecule has 1 spiro atoms. The lowest BCUT2D eigenvalue weighted by Gasteiger charge is -2.53. The largest absolute Gasteiger partial charge is 0.494 e. The van der Waals surface area contributed by atoms with Crippen LogP contribution < -0.4 is 25.6 Å². The topological polar surface area (TPSA) is 82.6 Å². The third kappa shape index (κ3) is 6.00. The molecule has 2 N–H and O–H groups in total. The Morgan fingerprint density at radius 1 is 1.05 bits per heavy atom. The molecule has 2 aliphatic heterocycles. The van der Waals surface area contributed by atoms with Gasteiger partial charge in [-0.15, -0.1) is 0 Å². The number of ether oxygens (including phenoxy) is 1. The minimum absolute atomic E-state index is 0.436. The van der Waals surface area contributed by atoms with Crippen molar-refractivity contribution in [3.8, 4) is 5.75 Å². The van der Waals surface area contributed by atoms with E-state index < -0.39 is 7.14 Å². The number of hydrogen-bond donors (Lipinski definition) is 2. The predicted molar refractivity (Wildman–Crippen MR) is 183 cm³/mol. The molecule has 0 radical (unpaired) electrons. The minimum atomic E-state index is -2.62. The van der Waals surface area contributed by atoms with Crippen molar-refractivity contribution in [1.82, 2.24) is 14.9 Å². The van der Waals surface area contributed by atoms with Gasteiger partial charge >= 0.3 is 0 Å². The molecular weight excluding hydrogens is 623 g/mol. The molecule has 0 saturated carbocycles. The molecule has 3 heterocycles. The van der Waals surface area contributed by atoms with Crippen molar-refractivity contribution in [3.63, 3.8) is 0 Å². The van der Waals surface area contributed by atoms with Gasteiger partial charge in [0.25, 0.3) is 0 Å². The Morgan fingerprint density at radius 3 is 2.47 bits per heavy atom. The predicted octanol–water partition coefficient (Wildman–Crippen LogP) is 7.23. The highest BCUT2D eigenvalue weighted by Crippen LogP contribution is 2.44. The van der Waals surface area contributed by atoms with E-state index in [1.807, 2.05) is 36.4 Å². The maximum atomic E-state index is 13.5. The maximum absolute atomic E-state index is 13.5. The Hall–Kier alpha value is -3.13. The van der Waals surface area contributed by atoms with Gasteiger partial charge in [0.05, 0.1) is 23.0 Å². The number of aryl methyl sites for hydroxylation is 1. The first-order chi connectivity index (χ1) is 20.6. The quantitative estimate of drug-likeness (QED) is 0.191. The Labute approximate surface area is 262 Å². The molecule has 43 heavy (non-hydrogen) atoms. The van der Waals surface area contributed by atoms with E-state index in [-0.39, 0.29) is 0 Å². The molecule has 0 atom stereocenters. The molecule has 0 bridgehead atoms. The number of nitrogens with zero attached hydrogens (tertiary/aromatic N) is 4. The van der Waals surface area contributed by atoms with Crippen molar-refractivity contribution < 1.29 is 9.30 Å². The molecule has 2 saturated heterocycles. The average molecular weight is 664 g/mol. The van der Waals surface area contributed by atoms with Crippen LogP contribution in [0.1, 0.15) is 25.3 Å². The molecule has 1 aromatic heterocycles. The second-order valence-corrected chi connectivity index (χ2v) is 16.4. The summed E-state index contributed by atoms with van der Waals surface area (Å²) in [7, 11) is 1.29. The van der Waals surface area contributed by atoms with E-state index in [0.717, 1.165) is 52.7 Å². The van der Waals surface area contributed by atoms with Crippen LogP contribution in [0.4, 0.5) is 28.8 Å². The summed E-state index contributed by atoms with van der Waals surface area (Å²) in [5.41, 5.74) is 4.61. The summed E-state index contributed by atoms with van der Waals surface area (Å²) in [6.07, 6.45) is 5.09. The van der Waals surface area contributed by atoms with E-state index in [9.17, 15) is 4.57 Å². The molecule has 0 aliphatic carbocycles. The number of nitrogens with one attached hydrogen (secondary N) is 2. The molecule has 3 aromatic carbocycles. The maximum Gasteiger partial charge on any atom is 0.229 e. The highest BCUT2D eigenvalue weighted by molar-refractivity contribution is 9.10. The van der Waals surface area contributed by atoms with Crippen molar-refractivity contribution in [2.24, 2.45) is 5.41 Å². The molecule has 6 rings (SSSR count). The van der Waals surface area contributed by atoms with E-state index in [2.05, 4.69) is 67.5 Å². The molecule has 10 heteroatoms. The first-order valence-corrected chi connectivity index (χ1v) is 18.3. The van der Waals surface area contributed by atoms with Crippen molar-refractivity contribution in [2.75, 3.05) is 69.2 Å². The highest BCUT2D eigenvalue weighted by atomic mass is 79.9. The standard InChI is InChI=1S/C33H40BrN6O2P/c1-6-22-17-27(29(42-3)18-28(22)40-15-13-33(14-16-40)20-39(2)21-33)37-32-35-19-25(34)31(38-32)36-26-12-11-23-9-7-8-10-24(23)30(26)43(4,5)41/h7-12,17-19H,6,13-16,20-21H2,1-5H3,(H2,35,36,37,38). The Bertz CT molecular complexity index is 1710. The number of methoxy groups -OCH3 is 1. The van der Waals surface area contributed by atoms with Crippen LogP contribution in [-0.4, -0.2) is 68.5 Å². The van der Waals surface area contributed by atoms with Gasteiger partial charge in [-0.1, -0.05) is 37.3 Å². The first-order valence-electron chi connectivity index (χ1n) is 14.9. The Balaban J connectivity index is 1.27. The number of piperidine rings is 1. The van der Waals surface area contributed by atoms with E-state index >= 15 is 0 Å². The van der Waals surface area contributed by atoms with Gasteiger partial charge in [0, 0.05) is 49.4 Å². The molecular formula is C33H40BrN6O2P. The zero-order chi connectivity index (χ0) is 30.4. The third-order valence-electron chi connectivity index (χ3n) is 8.84. The highest BCUT2D eigenvalue weighted by Gasteiger charge is 2.43. The number of anilines is 5. The van der Waals surface area contributed by atoms with Crippen molar-refractivity contribution >= 4 is 68.0 Å². The number of aromatic nitrogens is 2. The monoisotopic (exact) mass is 662 g/mol. The normalized spacial score (nSPS) is 16.7. The number of benzene rings is 3. The van der Waals surface area contributed by atoms with Crippen LogP contribution in [0.25, 0.3) is 10.8 Å². The number of rotatable bonds is 8. The van der Waals surface area contributed by atoms with Gasteiger partial charge in [-0.25, -0.2) is 4.98 Å². The van der Waals surface area contributed by atoms with Crippen LogP contribution in [0.15, 0.2) is 59.2 Å². The van der Waals surface area contributed by atoms with Crippen LogP contribution in [0, 0.1) is 5.41 Å². The summed E-state index contributed by atoms with van der Waals surface area (Å²) in [6, 6.07) is 16.4. The summed E-state index contributed by atoms with van der Waals surface area (Å²) in [4.78, 5) is 14.3. The second-order valence-electron chi connectivity index (χ2n) is 12.4. The van der Waals surface area contributed by atoms with E-state index in [4.69, 9.17) is 9.72 Å². The lowest BCUT2D eigenvalue weighted by atomic mass is 9.72. The van der Waals surface area contributed by atoms with Crippen molar-refractivity contribution in [1.29, 1.82) is 0 Å². The summed E-state index contributed by atoms with van der Waals surface area (Å²) in [5.74, 6) is 1.77. The van der Waals surface area contributed by atoms with Crippen molar-refractivity contribution in [3.05, 3.63) is 64.8 Å². The van der Waals surface area contributed by atoms with Crippen LogP contribution in [-0.2, 0) is 11.0 Å². The average Bonchev–Trinajstić information content (AvgIpc) is 2.97. The zero-order valence-electron chi connectivity index (χ0n) is 25.6. The van der Waals surface area contributed by atoms with Gasteiger partial charge in [-0.2, -0.15) is 4.98 Å². The van der Waals surface area contributed by atoms with Crippen molar-refractivity contribution in [2.45, 2.75) is 26.2 Å². The van der Waals surface area contributed by atoms with Crippen LogP contribution in [0.2, 0.25) is 0 Å². The summed E-state index contributed by atoms with van der Waals surface area (Å²) < 4.78 is 20.0. The summed E-state index contributed by atoms with van der Waals surface area (Å²) in [5, 5.41) is 9.68. The van der Waals surface area contributed by atoms with Gasteiger partial charge < -0.3 is 29.7 Å². The number of likely N-dealkylation sites (tertiary alicyclic amines) is 1. The van der Waals surface area contributed by atoms with Crippen LogP contribution >= 0.6 is 23.1 Å². The summed E-state index contributed by atoms with van der Waals surface area (Å²) in [6.45, 7) is 10.4. The van der Waals surface area contributed by atoms with Crippen LogP contribution in [0.3, 0.4) is 0 Å². The zero-order valence-corrected chi connectivity index (χ0v) is 28.1. The molecule has 226 valence electrons. The smallest absolute Gasteiger partial charge is 0.229 e. The lowest BCUT2D eigenvalue weighted by molar-refractivity contribution is 0.00129. The molecule has 4 aromatic rings. The van der Waals surface area contributed by atoms with E-state index in [1.165, 1.54) is 37.2 Å². The minimum Gasteiger partial charge on any atom is -0.494 e. The first kappa shape index (κ1) is 29.9. The Morgan fingerprint density at radius 2 is 1.79 bits per heavy atom. The number of fused-ring (bicyclic) bond motifs is 1. The fraction of sp³-hybridized carbons (Fsp3) is 0.394. The molecule has 2 fully saturated rings. The molecule has 8 nitrogen and oxygen atoms in total. The van der Waals surface area contributed by atoms with Crippen LogP contribution in [0.5, 0.6) is 5.75 Å². The fourth-order valence-electron chi connectivity index (χ4n) is 6.79. The van der Waals surface area contributed by atoms with E-state index in [0.29, 0.717) is 21.7 Å². The van der Waals surface area contributed by atoms with Gasteiger partial charge in [-0.05, 0) is 89.5 Å². The molecule has 0 amide bonds. The summed E-state index contributed by atoms with van der Waals surface area (Å²) >= 11 is 3.61. The second kappa shape index (κ2) is 11.8. The van der Waals surface area contributed by atoms with Gasteiger partial charge in [-0.3, -0.25) is 0 Å². The third-order valence-corrected chi connectivity index (χ3v) is 11.0. The van der Waals surface area contributed by atoms with Gasteiger partial charge in [0.15, 0.2) is 0 Å². The van der Waals surface area contributed by atoms with Gasteiger partial charge in [0.2, 0.25) is 5.95 Å².